The highest BCUT2D eigenvalue weighted by atomic mass is 19.4. The molecule has 11 heteroatoms. The van der Waals surface area contributed by atoms with Crippen LogP contribution in [0.1, 0.15) is 107 Å². The number of piperazine rings is 1. The van der Waals surface area contributed by atoms with Crippen LogP contribution in [0.2, 0.25) is 0 Å². The normalized spacial score (nSPS) is 49.5. The molecule has 14 atom stereocenters. The number of amides is 1. The summed E-state index contributed by atoms with van der Waals surface area (Å²) in [6.45, 7) is 17.3. The molecule has 280 valence electrons. The van der Waals surface area contributed by atoms with Crippen LogP contribution in [0.15, 0.2) is 0 Å². The zero-order valence-corrected chi connectivity index (χ0v) is 30.9. The molecule has 0 aromatic rings. The van der Waals surface area contributed by atoms with Gasteiger partial charge in [0.15, 0.2) is 0 Å². The monoisotopic (exact) mass is 698 g/mol. The van der Waals surface area contributed by atoms with Crippen molar-refractivity contribution in [1.82, 2.24) is 10.2 Å². The molecule has 2 heterocycles. The summed E-state index contributed by atoms with van der Waals surface area (Å²) < 4.78 is 59.4. The Morgan fingerprint density at radius 3 is 2.39 bits per heavy atom. The molecule has 3 N–H and O–H groups in total. The minimum atomic E-state index is -4.42. The summed E-state index contributed by atoms with van der Waals surface area (Å²) in [6, 6.07) is -1.74. The number of halogens is 3. The maximum atomic E-state index is 13.4. The third-order valence-electron chi connectivity index (χ3n) is 16.2. The first-order valence-electron chi connectivity index (χ1n) is 19.1. The Labute approximate surface area is 290 Å². The predicted molar refractivity (Wildman–Crippen MR) is 177 cm³/mol. The summed E-state index contributed by atoms with van der Waals surface area (Å²) in [4.78, 5) is 14.5. The van der Waals surface area contributed by atoms with Crippen molar-refractivity contribution in [3.05, 3.63) is 0 Å². The molecule has 1 amide bonds. The van der Waals surface area contributed by atoms with E-state index in [0.717, 1.165) is 44.9 Å². The number of carbonyl (C=O) groups is 1. The molecule has 0 aromatic carbocycles. The molecule has 7 aliphatic rings. The summed E-state index contributed by atoms with van der Waals surface area (Å²) in [5.41, 5.74) is -1.58. The Morgan fingerprint density at radius 2 is 1.73 bits per heavy atom. The number of hydrogen-bond acceptors (Lipinski definition) is 7. The van der Waals surface area contributed by atoms with Crippen LogP contribution in [-0.2, 0) is 14.2 Å². The van der Waals surface area contributed by atoms with E-state index in [1.807, 2.05) is 6.92 Å². The second kappa shape index (κ2) is 11.4. The number of alkyl halides is 3. The zero-order chi connectivity index (χ0) is 35.7. The number of hydrogen-bond donors (Lipinski definition) is 3. The molecular formula is C38H61F3N2O6. The Balaban J connectivity index is 1.11. The predicted octanol–water partition coefficient (Wildman–Crippen LogP) is 6.32. The molecule has 7 fully saturated rings. The lowest BCUT2D eigenvalue weighted by Gasteiger charge is -2.63. The van der Waals surface area contributed by atoms with Gasteiger partial charge in [0.05, 0.1) is 23.9 Å². The van der Waals surface area contributed by atoms with Gasteiger partial charge < -0.3 is 34.6 Å². The first kappa shape index (κ1) is 36.2. The molecule has 8 nitrogen and oxygen atoms in total. The lowest BCUT2D eigenvalue weighted by Crippen LogP contribution is -2.61. The maximum absolute atomic E-state index is 13.4. The fourth-order valence-electron chi connectivity index (χ4n) is 14.0. The summed E-state index contributed by atoms with van der Waals surface area (Å²) in [5, 5.41) is 26.1. The molecule has 5 aliphatic carbocycles. The first-order valence-corrected chi connectivity index (χ1v) is 19.1. The van der Waals surface area contributed by atoms with Crippen LogP contribution < -0.4 is 5.32 Å². The van der Waals surface area contributed by atoms with Crippen molar-refractivity contribution in [2.24, 2.45) is 50.7 Å². The van der Waals surface area contributed by atoms with Crippen LogP contribution in [-0.4, -0.2) is 95.8 Å². The molecule has 2 saturated heterocycles. The van der Waals surface area contributed by atoms with E-state index in [2.05, 4.69) is 39.9 Å². The van der Waals surface area contributed by atoms with E-state index in [-0.39, 0.29) is 64.4 Å². The van der Waals surface area contributed by atoms with Crippen LogP contribution in [0.3, 0.4) is 0 Å². The molecule has 0 radical (unpaired) electrons. The topological polar surface area (TPSA) is 100 Å². The van der Waals surface area contributed by atoms with Gasteiger partial charge in [0.1, 0.15) is 18.2 Å². The number of fused-ring (bicyclic) bond motifs is 4. The van der Waals surface area contributed by atoms with Crippen molar-refractivity contribution in [1.29, 1.82) is 0 Å². The average Bonchev–Trinajstić information content (AvgIpc) is 3.65. The Morgan fingerprint density at radius 1 is 1.06 bits per heavy atom. The number of nitrogens with zero attached hydrogens (tertiary/aromatic N) is 1. The van der Waals surface area contributed by atoms with E-state index in [0.29, 0.717) is 30.8 Å². The zero-order valence-electron chi connectivity index (χ0n) is 30.9. The molecule has 49 heavy (non-hydrogen) atoms. The van der Waals surface area contributed by atoms with Crippen molar-refractivity contribution >= 4 is 6.09 Å². The molecule has 5 saturated carbocycles. The molecule has 4 unspecified atom stereocenters. The minimum absolute atomic E-state index is 0.0885. The van der Waals surface area contributed by atoms with Gasteiger partial charge in [-0.05, 0) is 112 Å². The molecule has 0 aromatic heterocycles. The van der Waals surface area contributed by atoms with Crippen molar-refractivity contribution in [3.63, 3.8) is 0 Å². The molecular weight excluding hydrogens is 637 g/mol. The fraction of sp³-hybridized carbons (Fsp3) is 0.974. The van der Waals surface area contributed by atoms with Crippen molar-refractivity contribution in [2.75, 3.05) is 26.2 Å². The van der Waals surface area contributed by atoms with Crippen LogP contribution in [0, 0.1) is 50.7 Å². The van der Waals surface area contributed by atoms with Gasteiger partial charge in [-0.25, -0.2) is 4.79 Å². The quantitative estimate of drug-likeness (QED) is 0.309. The van der Waals surface area contributed by atoms with E-state index in [1.165, 1.54) is 4.90 Å². The van der Waals surface area contributed by atoms with E-state index in [4.69, 9.17) is 14.2 Å². The number of ether oxygens (including phenoxy) is 3. The third-order valence-corrected chi connectivity index (χ3v) is 16.2. The average molecular weight is 699 g/mol. The van der Waals surface area contributed by atoms with Crippen molar-refractivity contribution in [3.8, 4) is 0 Å². The van der Waals surface area contributed by atoms with Crippen LogP contribution in [0.5, 0.6) is 0 Å². The van der Waals surface area contributed by atoms with Gasteiger partial charge in [-0.1, -0.05) is 34.6 Å². The largest absolute Gasteiger partial charge is 0.446 e. The Hall–Kier alpha value is -1.14. The van der Waals surface area contributed by atoms with Gasteiger partial charge in [0.25, 0.3) is 0 Å². The number of nitrogens with one attached hydrogen (secondary N) is 1. The van der Waals surface area contributed by atoms with Crippen LogP contribution >= 0.6 is 0 Å². The summed E-state index contributed by atoms with van der Waals surface area (Å²) in [7, 11) is 0. The highest BCUT2D eigenvalue weighted by molar-refractivity contribution is 5.68. The Bertz CT molecular complexity index is 1310. The fourth-order valence-corrected chi connectivity index (χ4v) is 14.0. The van der Waals surface area contributed by atoms with E-state index < -0.39 is 42.7 Å². The lowest BCUT2D eigenvalue weighted by molar-refractivity contribution is -0.215. The highest BCUT2D eigenvalue weighted by Gasteiger charge is 2.85. The second-order valence-corrected chi connectivity index (χ2v) is 19.0. The van der Waals surface area contributed by atoms with Crippen molar-refractivity contribution < 1.29 is 42.4 Å². The second-order valence-electron chi connectivity index (χ2n) is 19.0. The third kappa shape index (κ3) is 4.96. The summed E-state index contributed by atoms with van der Waals surface area (Å²) in [6.07, 6.45) is 0.572. The summed E-state index contributed by atoms with van der Waals surface area (Å²) >= 11 is 0. The van der Waals surface area contributed by atoms with Gasteiger partial charge in [0, 0.05) is 37.1 Å². The number of aliphatic hydroxyl groups is 2. The molecule has 2 aliphatic heterocycles. The van der Waals surface area contributed by atoms with Crippen LogP contribution in [0.25, 0.3) is 0 Å². The molecule has 7 rings (SSSR count). The smallest absolute Gasteiger partial charge is 0.410 e. The van der Waals surface area contributed by atoms with E-state index in [1.54, 1.807) is 13.8 Å². The number of aliphatic hydroxyl groups excluding tert-OH is 1. The first-order chi connectivity index (χ1) is 22.7. The standard InChI is InChI=1S/C38H61F3N2O6/c1-9-47-30(33(5,6)46)22-18-21(2)27-28(48-22)29(44)35(8)24-11-10-23-32(3,4)26(12-13-36(23)20-37(24,36)15-14-34(27,35)7)49-31(45)43-17-16-42-25(19-43)38(39,40)41/h21-30,42,44,46H,9-20H2,1-8H3/t21-,22?,23+,24?,25?,26+,27+,28?,29+,30+,34-,35-,36-,37+/m1/s1. The van der Waals surface area contributed by atoms with Crippen molar-refractivity contribution in [2.45, 2.75) is 155 Å². The summed E-state index contributed by atoms with van der Waals surface area (Å²) in [5.74, 6) is 1.20. The van der Waals surface area contributed by atoms with Crippen LogP contribution in [0.4, 0.5) is 18.0 Å². The number of carbonyl (C=O) groups excluding carboxylic acids is 1. The maximum Gasteiger partial charge on any atom is 0.410 e. The minimum Gasteiger partial charge on any atom is -0.446 e. The molecule has 0 bridgehead atoms. The van der Waals surface area contributed by atoms with Gasteiger partial charge >= 0.3 is 12.3 Å². The highest BCUT2D eigenvalue weighted by Crippen LogP contribution is 2.89. The van der Waals surface area contributed by atoms with Gasteiger partial charge in [-0.15, -0.1) is 0 Å². The van der Waals surface area contributed by atoms with Gasteiger partial charge in [-0.3, -0.25) is 0 Å². The number of rotatable bonds is 5. The van der Waals surface area contributed by atoms with E-state index in [9.17, 15) is 28.2 Å². The lowest BCUT2D eigenvalue weighted by atomic mass is 9.41. The Kier molecular flexibility index (Phi) is 8.45. The van der Waals surface area contributed by atoms with Gasteiger partial charge in [-0.2, -0.15) is 13.2 Å². The van der Waals surface area contributed by atoms with E-state index >= 15 is 0 Å². The molecule has 2 spiro atoms. The SMILES string of the molecule is CCO[C@@H](C1C[C@@H](C)[C@H]2C(O1)[C@H](O)[C@@]1(C)C3CC[C@H]4C(C)(C)[C@@H](OC(=O)N5CCNC(C(F)(F)F)C5)CC[C@@]45C[C@@]35CC[C@]21C)C(C)(C)O. The van der Waals surface area contributed by atoms with Gasteiger partial charge in [0.2, 0.25) is 0 Å².